The second-order valence-electron chi connectivity index (χ2n) is 11.3. The molecule has 0 atom stereocenters. The molecule has 203 valence electrons. The fourth-order valence-corrected chi connectivity index (χ4v) is 6.06. The van der Waals surface area contributed by atoms with Gasteiger partial charge in [0.1, 0.15) is 0 Å². The summed E-state index contributed by atoms with van der Waals surface area (Å²) in [5, 5.41) is 8.16. The lowest BCUT2D eigenvalue weighted by atomic mass is 9.75. The Kier molecular flexibility index (Phi) is 5.42. The van der Waals surface area contributed by atoms with E-state index in [1.165, 1.54) is 23.0 Å². The first-order chi connectivity index (χ1) is 18.6. The lowest BCUT2D eigenvalue weighted by Gasteiger charge is -2.55. The fourth-order valence-electron chi connectivity index (χ4n) is 6.06. The summed E-state index contributed by atoms with van der Waals surface area (Å²) in [5.41, 5.74) is 0.133. The van der Waals surface area contributed by atoms with Crippen LogP contribution in [0.15, 0.2) is 57.7 Å². The molecule has 1 radical (unpaired) electrons. The molecule has 1 aromatic carbocycles. The maximum Gasteiger partial charge on any atom is 0.418 e. The quantitative estimate of drug-likeness (QED) is 0.450. The molecule has 0 amide bonds. The number of nitrogens with zero attached hydrogens (tertiary/aromatic N) is 6. The molecular formula is C27H27F3N6O3+. The molecule has 1 spiro atoms. The number of benzene rings is 1. The number of hydrogen-bond donors (Lipinski definition) is 0. The number of ether oxygens (including phenoxy) is 2. The van der Waals surface area contributed by atoms with Gasteiger partial charge in [0.15, 0.2) is 0 Å². The van der Waals surface area contributed by atoms with Crippen molar-refractivity contribution in [1.82, 2.24) is 13.9 Å². The van der Waals surface area contributed by atoms with Crippen molar-refractivity contribution in [2.45, 2.75) is 24.6 Å². The van der Waals surface area contributed by atoms with Crippen molar-refractivity contribution >= 4 is 11.9 Å². The lowest BCUT2D eigenvalue weighted by molar-refractivity contribution is -0.478. The van der Waals surface area contributed by atoms with Crippen LogP contribution in [-0.4, -0.2) is 71.3 Å². The molecule has 3 saturated heterocycles. The zero-order chi connectivity index (χ0) is 27.0. The third kappa shape index (κ3) is 4.04. The van der Waals surface area contributed by atoms with Gasteiger partial charge in [-0.05, 0) is 34.4 Å². The summed E-state index contributed by atoms with van der Waals surface area (Å²) in [7, 11) is 1.87. The van der Waals surface area contributed by atoms with E-state index in [1.807, 2.05) is 29.8 Å². The summed E-state index contributed by atoms with van der Waals surface area (Å²) in [6, 6.07) is 8.52. The molecule has 0 unspecified atom stereocenters. The van der Waals surface area contributed by atoms with Crippen molar-refractivity contribution in [3.05, 3.63) is 76.1 Å². The first kappa shape index (κ1) is 24.7. The van der Waals surface area contributed by atoms with Crippen molar-refractivity contribution in [2.75, 3.05) is 46.6 Å². The van der Waals surface area contributed by atoms with Crippen LogP contribution in [0.3, 0.4) is 0 Å². The van der Waals surface area contributed by atoms with Crippen molar-refractivity contribution in [3.8, 4) is 5.69 Å². The monoisotopic (exact) mass is 540 g/mol. The van der Waals surface area contributed by atoms with Gasteiger partial charge in [0.05, 0.1) is 55.4 Å². The molecule has 0 bridgehead atoms. The summed E-state index contributed by atoms with van der Waals surface area (Å²) >= 11 is 0. The van der Waals surface area contributed by atoms with Crippen molar-refractivity contribution < 1.29 is 27.2 Å². The zero-order valence-corrected chi connectivity index (χ0v) is 21.3. The van der Waals surface area contributed by atoms with Gasteiger partial charge in [-0.3, -0.25) is 13.9 Å². The van der Waals surface area contributed by atoms with Gasteiger partial charge < -0.3 is 9.47 Å². The minimum atomic E-state index is -4.61. The Morgan fingerprint density at radius 2 is 1.85 bits per heavy atom. The Bertz CT molecular complexity index is 1570. The largest absolute Gasteiger partial charge is 0.418 e. The fraction of sp³-hybridized carbons (Fsp3) is 0.444. The first-order valence-electron chi connectivity index (χ1n) is 12.8. The van der Waals surface area contributed by atoms with Gasteiger partial charge in [-0.25, -0.2) is 9.37 Å². The van der Waals surface area contributed by atoms with Crippen LogP contribution < -0.4 is 5.69 Å². The molecule has 4 aliphatic heterocycles. The number of azo groups is 1. The Hall–Kier alpha value is -3.35. The van der Waals surface area contributed by atoms with E-state index in [0.29, 0.717) is 50.6 Å². The van der Waals surface area contributed by atoms with E-state index >= 15 is 0 Å². The van der Waals surface area contributed by atoms with E-state index in [0.717, 1.165) is 29.2 Å². The van der Waals surface area contributed by atoms with Gasteiger partial charge in [-0.15, -0.1) is 0 Å². The maximum atomic E-state index is 14.2. The number of pyridine rings is 1. The second kappa shape index (κ2) is 8.57. The zero-order valence-electron chi connectivity index (χ0n) is 21.3. The number of alkyl halides is 3. The summed E-state index contributed by atoms with van der Waals surface area (Å²) < 4.78 is 57.6. The van der Waals surface area contributed by atoms with Crippen LogP contribution in [0.1, 0.15) is 23.1 Å². The van der Waals surface area contributed by atoms with E-state index in [-0.39, 0.29) is 16.3 Å². The molecule has 0 saturated carbocycles. The number of fused-ring (bicyclic) bond motifs is 1. The van der Waals surface area contributed by atoms with E-state index in [1.54, 1.807) is 12.4 Å². The van der Waals surface area contributed by atoms with Crippen molar-refractivity contribution in [2.24, 2.45) is 15.6 Å². The highest BCUT2D eigenvalue weighted by atomic mass is 19.4. The summed E-state index contributed by atoms with van der Waals surface area (Å²) in [6.07, 6.45) is 1.24. The SMILES string of the molecule is C[N+]1=CN=N[C]1CC1(c2cccc(-n3cc4c(C(F)(F)F)cc(CN5CC6(COC6)C5)cn4c3=O)c2)COC1. The number of hydrogen-bond acceptors (Lipinski definition) is 6. The standard InChI is InChI=1S/C27H27F3N6O3/c1-33-17-31-32-23(33)7-26(15-39-16-26)19-3-2-4-20(6-19)35-10-22-21(27(28,29)30)5-18(9-36(22)24(35)37)8-34-11-25(12-34)13-38-14-25/h2-6,9-10,17H,7-8,11-16H2,1H3/q+1. The van der Waals surface area contributed by atoms with Gasteiger partial charge in [-0.2, -0.15) is 13.2 Å². The Balaban J connectivity index is 1.24. The molecule has 2 aromatic heterocycles. The number of rotatable bonds is 6. The molecule has 3 aromatic rings. The second-order valence-corrected chi connectivity index (χ2v) is 11.3. The number of aromatic nitrogens is 2. The molecular weight excluding hydrogens is 513 g/mol. The minimum Gasteiger partial charge on any atom is -0.380 e. The molecule has 9 nitrogen and oxygen atoms in total. The van der Waals surface area contributed by atoms with Crippen LogP contribution in [0.4, 0.5) is 13.2 Å². The van der Waals surface area contributed by atoms with E-state index < -0.39 is 17.4 Å². The number of halogens is 3. The molecule has 7 rings (SSSR count). The molecule has 0 aliphatic carbocycles. The Labute approximate surface area is 221 Å². The van der Waals surface area contributed by atoms with E-state index in [4.69, 9.17) is 9.47 Å². The van der Waals surface area contributed by atoms with E-state index in [9.17, 15) is 18.0 Å². The number of imidazole rings is 1. The highest BCUT2D eigenvalue weighted by Gasteiger charge is 2.49. The predicted octanol–water partition coefficient (Wildman–Crippen LogP) is 3.23. The third-order valence-corrected chi connectivity index (χ3v) is 8.26. The van der Waals surface area contributed by atoms with Crippen molar-refractivity contribution in [3.63, 3.8) is 0 Å². The summed E-state index contributed by atoms with van der Waals surface area (Å²) in [6.45, 7) is 4.26. The molecule has 39 heavy (non-hydrogen) atoms. The van der Waals surface area contributed by atoms with Crippen LogP contribution in [0.25, 0.3) is 11.2 Å². The van der Waals surface area contributed by atoms with Crippen molar-refractivity contribution in [1.29, 1.82) is 0 Å². The van der Waals surface area contributed by atoms with Gasteiger partial charge in [0.25, 0.3) is 0 Å². The topological polar surface area (TPSA) is 75.8 Å². The summed E-state index contributed by atoms with van der Waals surface area (Å²) in [4.78, 5) is 15.6. The van der Waals surface area contributed by atoms with Crippen LogP contribution in [0, 0.1) is 11.6 Å². The Morgan fingerprint density at radius 1 is 1.08 bits per heavy atom. The third-order valence-electron chi connectivity index (χ3n) is 8.26. The van der Waals surface area contributed by atoms with Gasteiger partial charge >= 0.3 is 24.4 Å². The van der Waals surface area contributed by atoms with Crippen LogP contribution in [-0.2, 0) is 27.6 Å². The average Bonchev–Trinajstić information content (AvgIpc) is 3.38. The summed E-state index contributed by atoms with van der Waals surface area (Å²) in [5.74, 6) is 0. The number of likely N-dealkylation sites (tertiary alicyclic amines) is 1. The molecule has 0 N–H and O–H groups in total. The smallest absolute Gasteiger partial charge is 0.380 e. The van der Waals surface area contributed by atoms with Gasteiger partial charge in [0.2, 0.25) is 0 Å². The van der Waals surface area contributed by atoms with Crippen LogP contribution in [0.5, 0.6) is 0 Å². The molecule has 3 fully saturated rings. The van der Waals surface area contributed by atoms with Gasteiger partial charge in [0, 0.05) is 49.3 Å². The maximum absolute atomic E-state index is 14.2. The molecule has 4 aliphatic rings. The highest BCUT2D eigenvalue weighted by Crippen LogP contribution is 2.41. The van der Waals surface area contributed by atoms with E-state index in [2.05, 4.69) is 15.1 Å². The molecule has 6 heterocycles. The predicted molar refractivity (Wildman–Crippen MR) is 134 cm³/mol. The van der Waals surface area contributed by atoms with Gasteiger partial charge in [-0.1, -0.05) is 12.1 Å². The minimum absolute atomic E-state index is 0.151. The highest BCUT2D eigenvalue weighted by molar-refractivity contribution is 5.58. The van der Waals surface area contributed by atoms with Crippen LogP contribution >= 0.6 is 0 Å². The first-order valence-corrected chi connectivity index (χ1v) is 12.8. The molecule has 12 heteroatoms. The Morgan fingerprint density at radius 3 is 2.46 bits per heavy atom. The van der Waals surface area contributed by atoms with Crippen LogP contribution in [0.2, 0.25) is 0 Å². The normalized spacial score (nSPS) is 22.1. The lowest BCUT2D eigenvalue weighted by Crippen LogP contribution is -2.65. The average molecular weight is 541 g/mol.